The van der Waals surface area contributed by atoms with Crippen molar-refractivity contribution in [1.82, 2.24) is 29.9 Å². The number of aliphatic imine (C=N–C) groups is 1. The maximum absolute atomic E-state index is 13.5. The summed E-state index contributed by atoms with van der Waals surface area (Å²) in [6, 6.07) is 1.21. The molecule has 8 nitrogen and oxygen atoms in total. The molecule has 2 aromatic heterocycles. The van der Waals surface area contributed by atoms with Gasteiger partial charge in [0.25, 0.3) is 0 Å². The Hall–Kier alpha value is -2.11. The maximum Gasteiger partial charge on any atom is 0.420 e. The Labute approximate surface area is 194 Å². The monoisotopic (exact) mass is 485 g/mol. The van der Waals surface area contributed by atoms with Gasteiger partial charge in [0.1, 0.15) is 11.7 Å². The highest BCUT2D eigenvalue weighted by atomic mass is 35.5. The number of rotatable bonds is 4. The van der Waals surface area contributed by atoms with Crippen LogP contribution in [-0.2, 0) is 17.3 Å². The van der Waals surface area contributed by atoms with Gasteiger partial charge in [-0.1, -0.05) is 11.6 Å². The smallest absolute Gasteiger partial charge is 0.381 e. The molecule has 0 aliphatic carbocycles. The van der Waals surface area contributed by atoms with E-state index in [0.29, 0.717) is 43.6 Å². The van der Waals surface area contributed by atoms with Gasteiger partial charge in [0, 0.05) is 38.8 Å². The summed E-state index contributed by atoms with van der Waals surface area (Å²) in [7, 11) is 0. The van der Waals surface area contributed by atoms with Crippen LogP contribution < -0.4 is 5.43 Å². The van der Waals surface area contributed by atoms with Gasteiger partial charge in [-0.15, -0.1) is 0 Å². The van der Waals surface area contributed by atoms with Crippen LogP contribution in [0.4, 0.5) is 13.2 Å². The van der Waals surface area contributed by atoms with Gasteiger partial charge >= 0.3 is 6.18 Å². The molecule has 1 atom stereocenters. The van der Waals surface area contributed by atoms with Gasteiger partial charge in [0.05, 0.1) is 10.7 Å². The van der Waals surface area contributed by atoms with Gasteiger partial charge in [-0.05, 0) is 45.1 Å². The number of hydrogen-bond acceptors (Lipinski definition) is 7. The normalized spacial score (nSPS) is 22.9. The summed E-state index contributed by atoms with van der Waals surface area (Å²) in [5.74, 6) is 1.23. The standard InChI is InChI=1S/C21H27ClF3N7O/c1-13-16(22)12-15(21(23,24)25)19-26-17(28-31(13)19)4-5-18-27-20(30-8-2-3-9-30)29-32(18)14-6-10-33-11-7-14/h12,14,18H,2-11H2,1H3,(H,27,29). The molecule has 2 saturated heterocycles. The van der Waals surface area contributed by atoms with Crippen LogP contribution in [0.2, 0.25) is 5.02 Å². The first-order valence-electron chi connectivity index (χ1n) is 11.4. The van der Waals surface area contributed by atoms with Crippen molar-refractivity contribution in [2.75, 3.05) is 26.3 Å². The molecule has 1 N–H and O–H groups in total. The third-order valence-electron chi connectivity index (χ3n) is 6.57. The lowest BCUT2D eigenvalue weighted by atomic mass is 10.1. The van der Waals surface area contributed by atoms with Crippen LogP contribution in [-0.4, -0.2) is 69.0 Å². The first kappa shape index (κ1) is 22.7. The molecule has 0 bridgehead atoms. The van der Waals surface area contributed by atoms with Crippen molar-refractivity contribution < 1.29 is 17.9 Å². The number of nitrogens with zero attached hydrogens (tertiary/aromatic N) is 6. The zero-order valence-corrected chi connectivity index (χ0v) is 19.2. The second-order valence-corrected chi connectivity index (χ2v) is 9.19. The first-order chi connectivity index (χ1) is 15.8. The minimum Gasteiger partial charge on any atom is -0.381 e. The van der Waals surface area contributed by atoms with Crippen molar-refractivity contribution in [3.63, 3.8) is 0 Å². The molecular formula is C21H27ClF3N7O. The van der Waals surface area contributed by atoms with Crippen LogP contribution in [0, 0.1) is 6.92 Å². The topological polar surface area (TPSA) is 70.3 Å². The number of aryl methyl sites for hydroxylation is 2. The molecule has 5 rings (SSSR count). The fraction of sp³-hybridized carbons (Fsp3) is 0.667. The van der Waals surface area contributed by atoms with E-state index in [1.54, 1.807) is 6.92 Å². The molecule has 2 aromatic rings. The van der Waals surface area contributed by atoms with E-state index in [2.05, 4.69) is 25.4 Å². The van der Waals surface area contributed by atoms with Gasteiger partial charge in [-0.25, -0.2) is 14.5 Å². The molecule has 5 heterocycles. The minimum absolute atomic E-state index is 0.0109. The lowest BCUT2D eigenvalue weighted by Gasteiger charge is -2.34. The number of fused-ring (bicyclic) bond motifs is 1. The summed E-state index contributed by atoms with van der Waals surface area (Å²) >= 11 is 6.04. The van der Waals surface area contributed by atoms with Crippen molar-refractivity contribution in [2.24, 2.45) is 4.99 Å². The lowest BCUT2D eigenvalue weighted by molar-refractivity contribution is -0.136. The molecule has 0 amide bonds. The van der Waals surface area contributed by atoms with Crippen molar-refractivity contribution >= 4 is 23.2 Å². The Kier molecular flexibility index (Phi) is 6.13. The number of aromatic nitrogens is 3. The van der Waals surface area contributed by atoms with Crippen molar-refractivity contribution in [1.29, 1.82) is 0 Å². The highest BCUT2D eigenvalue weighted by Gasteiger charge is 2.37. The number of guanidine groups is 1. The van der Waals surface area contributed by atoms with E-state index in [1.807, 2.05) is 0 Å². The van der Waals surface area contributed by atoms with Crippen LogP contribution >= 0.6 is 11.6 Å². The van der Waals surface area contributed by atoms with Gasteiger partial charge in [-0.3, -0.25) is 5.43 Å². The van der Waals surface area contributed by atoms with E-state index in [-0.39, 0.29) is 16.8 Å². The average Bonchev–Trinajstić information content (AvgIpc) is 3.54. The number of nitrogens with one attached hydrogen (secondary N) is 1. The van der Waals surface area contributed by atoms with E-state index >= 15 is 0 Å². The number of hydrogen-bond donors (Lipinski definition) is 1. The summed E-state index contributed by atoms with van der Waals surface area (Å²) in [5, 5.41) is 6.55. The number of halogens is 4. The molecule has 33 heavy (non-hydrogen) atoms. The molecule has 0 radical (unpaired) electrons. The minimum atomic E-state index is -4.56. The molecule has 1 unspecified atom stereocenters. The average molecular weight is 486 g/mol. The molecular weight excluding hydrogens is 459 g/mol. The van der Waals surface area contributed by atoms with Gasteiger partial charge in [-0.2, -0.15) is 23.3 Å². The van der Waals surface area contributed by atoms with E-state index in [1.165, 1.54) is 4.52 Å². The molecule has 3 aliphatic heterocycles. The summed E-state index contributed by atoms with van der Waals surface area (Å²) in [6.45, 7) is 5.02. The summed E-state index contributed by atoms with van der Waals surface area (Å²) < 4.78 is 47.3. The van der Waals surface area contributed by atoms with Crippen molar-refractivity contribution in [2.45, 2.75) is 63.8 Å². The number of pyridine rings is 1. The largest absolute Gasteiger partial charge is 0.420 e. The second-order valence-electron chi connectivity index (χ2n) is 8.78. The van der Waals surface area contributed by atoms with Gasteiger partial charge < -0.3 is 9.64 Å². The third kappa shape index (κ3) is 4.50. The number of hydrazine groups is 1. The van der Waals surface area contributed by atoms with Crippen LogP contribution in [0.5, 0.6) is 0 Å². The van der Waals surface area contributed by atoms with Gasteiger partial charge in [0.15, 0.2) is 11.5 Å². The zero-order chi connectivity index (χ0) is 23.2. The SMILES string of the molecule is Cc1c(Cl)cc(C(F)(F)F)c2nc(CCC3N=C(N4CCCC4)NN3C3CCOCC3)nn12. The zero-order valence-electron chi connectivity index (χ0n) is 18.4. The van der Waals surface area contributed by atoms with E-state index in [0.717, 1.165) is 50.8 Å². The van der Waals surface area contributed by atoms with E-state index < -0.39 is 11.7 Å². The molecule has 2 fully saturated rings. The van der Waals surface area contributed by atoms with Gasteiger partial charge in [0.2, 0.25) is 5.96 Å². The molecule has 0 saturated carbocycles. The number of likely N-dealkylation sites (tertiary alicyclic amines) is 1. The van der Waals surface area contributed by atoms with E-state index in [9.17, 15) is 13.2 Å². The van der Waals surface area contributed by atoms with Crippen molar-refractivity contribution in [3.05, 3.63) is 28.2 Å². The Morgan fingerprint density at radius 2 is 1.94 bits per heavy atom. The summed E-state index contributed by atoms with van der Waals surface area (Å²) in [6.07, 6.45) is 0.409. The fourth-order valence-corrected chi connectivity index (χ4v) is 4.93. The predicted octanol–water partition coefficient (Wildman–Crippen LogP) is 3.42. The molecule has 0 aromatic carbocycles. The Bertz CT molecular complexity index is 1040. The van der Waals surface area contributed by atoms with Crippen LogP contribution in [0.3, 0.4) is 0 Å². The predicted molar refractivity (Wildman–Crippen MR) is 117 cm³/mol. The Balaban J connectivity index is 1.38. The summed E-state index contributed by atoms with van der Waals surface area (Å²) in [4.78, 5) is 11.4. The number of alkyl halides is 3. The number of ether oxygens (including phenoxy) is 1. The quantitative estimate of drug-likeness (QED) is 0.715. The highest BCUT2D eigenvalue weighted by molar-refractivity contribution is 6.31. The van der Waals surface area contributed by atoms with Crippen LogP contribution in [0.15, 0.2) is 11.1 Å². The molecule has 0 spiro atoms. The molecule has 12 heteroatoms. The molecule has 3 aliphatic rings. The van der Waals surface area contributed by atoms with E-state index in [4.69, 9.17) is 21.3 Å². The lowest BCUT2D eigenvalue weighted by Crippen LogP contribution is -2.52. The maximum atomic E-state index is 13.5. The second kappa shape index (κ2) is 8.92. The fourth-order valence-electron chi connectivity index (χ4n) is 4.74. The highest BCUT2D eigenvalue weighted by Crippen LogP contribution is 2.35. The van der Waals surface area contributed by atoms with Crippen molar-refractivity contribution in [3.8, 4) is 0 Å². The first-order valence-corrected chi connectivity index (χ1v) is 11.8. The summed E-state index contributed by atoms with van der Waals surface area (Å²) in [5.41, 5.74) is 2.84. The Morgan fingerprint density at radius 1 is 1.21 bits per heavy atom. The van der Waals surface area contributed by atoms with Crippen LogP contribution in [0.1, 0.15) is 49.2 Å². The Morgan fingerprint density at radius 3 is 2.64 bits per heavy atom. The third-order valence-corrected chi connectivity index (χ3v) is 6.95. The molecule has 180 valence electrons. The van der Waals surface area contributed by atoms with Crippen LogP contribution in [0.25, 0.3) is 5.65 Å².